The fourth-order valence-electron chi connectivity index (χ4n) is 1.28. The Balaban J connectivity index is 2.36. The third kappa shape index (κ3) is 2.25. The molecule has 0 amide bonds. The first-order valence-corrected chi connectivity index (χ1v) is 5.94. The quantitative estimate of drug-likeness (QED) is 0.921. The molecule has 0 fully saturated rings. The van der Waals surface area contributed by atoms with Crippen LogP contribution in [0, 0.1) is 5.82 Å². The molecular weight excluding hydrogens is 279 g/mol. The lowest BCUT2D eigenvalue weighted by Crippen LogP contribution is -2.12. The molecule has 2 aromatic heterocycles. The van der Waals surface area contributed by atoms with E-state index in [1.165, 1.54) is 17.5 Å². The summed E-state index contributed by atoms with van der Waals surface area (Å²) in [6, 6.07) is 3.08. The average molecular weight is 287 g/mol. The van der Waals surface area contributed by atoms with Gasteiger partial charge in [0, 0.05) is 26.5 Å². The summed E-state index contributed by atoms with van der Waals surface area (Å²) in [6.45, 7) is 0. The first-order chi connectivity index (χ1) is 7.18. The fraction of sp³-hybridized carbons (Fsp3) is 0.100. The SMILES string of the molecule is NC(c1cc(Br)cs1)c1ccncc1F. The predicted octanol–water partition coefficient (Wildman–Crippen LogP) is 3.09. The Morgan fingerprint density at radius 1 is 1.53 bits per heavy atom. The van der Waals surface area contributed by atoms with E-state index in [0.717, 1.165) is 9.35 Å². The van der Waals surface area contributed by atoms with Crippen LogP contribution in [-0.4, -0.2) is 4.98 Å². The van der Waals surface area contributed by atoms with Gasteiger partial charge in [0.15, 0.2) is 0 Å². The zero-order valence-electron chi connectivity index (χ0n) is 7.65. The maximum atomic E-state index is 13.4. The largest absolute Gasteiger partial charge is 0.320 e. The third-order valence-electron chi connectivity index (χ3n) is 2.03. The van der Waals surface area contributed by atoms with Crippen molar-refractivity contribution in [3.63, 3.8) is 0 Å². The van der Waals surface area contributed by atoms with Gasteiger partial charge in [-0.05, 0) is 28.1 Å². The molecule has 0 aliphatic carbocycles. The van der Waals surface area contributed by atoms with Gasteiger partial charge in [-0.25, -0.2) is 4.39 Å². The van der Waals surface area contributed by atoms with E-state index in [1.807, 2.05) is 11.4 Å². The van der Waals surface area contributed by atoms with Gasteiger partial charge in [-0.1, -0.05) is 0 Å². The summed E-state index contributed by atoms with van der Waals surface area (Å²) >= 11 is 4.84. The van der Waals surface area contributed by atoms with Gasteiger partial charge in [0.1, 0.15) is 5.82 Å². The molecule has 0 aromatic carbocycles. The summed E-state index contributed by atoms with van der Waals surface area (Å²) in [5.74, 6) is -0.366. The fourth-order valence-corrected chi connectivity index (χ4v) is 2.75. The van der Waals surface area contributed by atoms with Crippen molar-refractivity contribution >= 4 is 27.3 Å². The number of nitrogens with two attached hydrogens (primary N) is 1. The van der Waals surface area contributed by atoms with E-state index in [4.69, 9.17) is 5.73 Å². The number of hydrogen-bond donors (Lipinski definition) is 1. The van der Waals surface area contributed by atoms with Gasteiger partial charge < -0.3 is 5.73 Å². The van der Waals surface area contributed by atoms with Gasteiger partial charge in [0.25, 0.3) is 0 Å². The molecule has 2 rings (SSSR count). The zero-order chi connectivity index (χ0) is 10.8. The normalized spacial score (nSPS) is 12.7. The van der Waals surface area contributed by atoms with E-state index < -0.39 is 6.04 Å². The van der Waals surface area contributed by atoms with Crippen LogP contribution < -0.4 is 5.73 Å². The van der Waals surface area contributed by atoms with Gasteiger partial charge in [0.2, 0.25) is 0 Å². The number of pyridine rings is 1. The Bertz CT molecular complexity index is 472. The summed E-state index contributed by atoms with van der Waals surface area (Å²) in [6.07, 6.45) is 2.72. The monoisotopic (exact) mass is 286 g/mol. The van der Waals surface area contributed by atoms with Crippen LogP contribution in [0.4, 0.5) is 4.39 Å². The predicted molar refractivity (Wildman–Crippen MR) is 62.2 cm³/mol. The summed E-state index contributed by atoms with van der Waals surface area (Å²) in [5.41, 5.74) is 6.42. The second-order valence-corrected chi connectivity index (χ2v) is 4.90. The first-order valence-electron chi connectivity index (χ1n) is 4.27. The lowest BCUT2D eigenvalue weighted by Gasteiger charge is -2.09. The molecule has 0 aliphatic heterocycles. The standard InChI is InChI=1S/C10H8BrFN2S/c11-6-3-9(15-5-6)10(13)7-1-2-14-4-8(7)12/h1-5,10H,13H2. The summed E-state index contributed by atoms with van der Waals surface area (Å²) < 4.78 is 14.3. The Morgan fingerprint density at radius 3 is 2.93 bits per heavy atom. The molecule has 0 radical (unpaired) electrons. The molecule has 0 saturated carbocycles. The first kappa shape index (κ1) is 10.7. The van der Waals surface area contributed by atoms with Crippen molar-refractivity contribution in [2.24, 2.45) is 5.73 Å². The van der Waals surface area contributed by atoms with E-state index in [2.05, 4.69) is 20.9 Å². The molecule has 2 heterocycles. The van der Waals surface area contributed by atoms with Gasteiger partial charge in [-0.2, -0.15) is 0 Å². The highest BCUT2D eigenvalue weighted by atomic mass is 79.9. The molecular formula is C10H8BrFN2S. The van der Waals surface area contributed by atoms with Gasteiger partial charge >= 0.3 is 0 Å². The summed E-state index contributed by atoms with van der Waals surface area (Å²) in [5, 5.41) is 1.92. The molecule has 0 saturated heterocycles. The Kier molecular flexibility index (Phi) is 3.14. The number of hydrogen-bond acceptors (Lipinski definition) is 3. The van der Waals surface area contributed by atoms with E-state index in [-0.39, 0.29) is 5.82 Å². The minimum absolute atomic E-state index is 0.366. The number of nitrogens with zero attached hydrogens (tertiary/aromatic N) is 1. The van der Waals surface area contributed by atoms with Crippen molar-refractivity contribution in [2.45, 2.75) is 6.04 Å². The molecule has 15 heavy (non-hydrogen) atoms. The van der Waals surface area contributed by atoms with Crippen LogP contribution in [-0.2, 0) is 0 Å². The lowest BCUT2D eigenvalue weighted by molar-refractivity contribution is 0.594. The molecule has 78 valence electrons. The maximum Gasteiger partial charge on any atom is 0.146 e. The number of halogens is 2. The number of thiophene rings is 1. The second-order valence-electron chi connectivity index (χ2n) is 3.04. The van der Waals surface area contributed by atoms with Crippen molar-refractivity contribution in [1.82, 2.24) is 4.98 Å². The van der Waals surface area contributed by atoms with Crippen LogP contribution in [0.1, 0.15) is 16.5 Å². The van der Waals surface area contributed by atoms with E-state index in [0.29, 0.717) is 5.56 Å². The molecule has 1 atom stereocenters. The van der Waals surface area contributed by atoms with Crippen molar-refractivity contribution in [3.8, 4) is 0 Å². The minimum atomic E-state index is -0.427. The highest BCUT2D eigenvalue weighted by molar-refractivity contribution is 9.10. The molecule has 0 aliphatic rings. The van der Waals surface area contributed by atoms with E-state index in [9.17, 15) is 4.39 Å². The van der Waals surface area contributed by atoms with Crippen LogP contribution in [0.3, 0.4) is 0 Å². The maximum absolute atomic E-state index is 13.4. The zero-order valence-corrected chi connectivity index (χ0v) is 10.1. The molecule has 2 aromatic rings. The molecule has 0 spiro atoms. The van der Waals surface area contributed by atoms with Gasteiger partial charge in [-0.3, -0.25) is 4.98 Å². The van der Waals surface area contributed by atoms with Crippen molar-refractivity contribution in [2.75, 3.05) is 0 Å². The minimum Gasteiger partial charge on any atom is -0.320 e. The molecule has 1 unspecified atom stereocenters. The van der Waals surface area contributed by atoms with Crippen molar-refractivity contribution in [3.05, 3.63) is 50.6 Å². The number of rotatable bonds is 2. The lowest BCUT2D eigenvalue weighted by atomic mass is 10.1. The van der Waals surface area contributed by atoms with Crippen molar-refractivity contribution < 1.29 is 4.39 Å². The summed E-state index contributed by atoms with van der Waals surface area (Å²) in [7, 11) is 0. The molecule has 0 bridgehead atoms. The topological polar surface area (TPSA) is 38.9 Å². The van der Waals surface area contributed by atoms with Crippen LogP contribution in [0.15, 0.2) is 34.4 Å². The third-order valence-corrected chi connectivity index (χ3v) is 3.81. The van der Waals surface area contributed by atoms with Crippen molar-refractivity contribution in [1.29, 1.82) is 0 Å². The van der Waals surface area contributed by atoms with E-state index in [1.54, 1.807) is 12.3 Å². The Labute approximate surface area is 99.1 Å². The van der Waals surface area contributed by atoms with Gasteiger partial charge in [-0.15, -0.1) is 11.3 Å². The molecule has 5 heteroatoms. The van der Waals surface area contributed by atoms with Crippen LogP contribution in [0.2, 0.25) is 0 Å². The summed E-state index contributed by atoms with van der Waals surface area (Å²) in [4.78, 5) is 4.61. The average Bonchev–Trinajstić information content (AvgIpc) is 2.65. The number of aromatic nitrogens is 1. The Morgan fingerprint density at radius 2 is 2.33 bits per heavy atom. The van der Waals surface area contributed by atoms with Crippen LogP contribution >= 0.6 is 27.3 Å². The van der Waals surface area contributed by atoms with Crippen LogP contribution in [0.25, 0.3) is 0 Å². The Hall–Kier alpha value is -0.780. The van der Waals surface area contributed by atoms with E-state index >= 15 is 0 Å². The van der Waals surface area contributed by atoms with Gasteiger partial charge in [0.05, 0.1) is 12.2 Å². The molecule has 2 nitrogen and oxygen atoms in total. The highest BCUT2D eigenvalue weighted by Crippen LogP contribution is 2.29. The molecule has 2 N–H and O–H groups in total. The smallest absolute Gasteiger partial charge is 0.146 e. The van der Waals surface area contributed by atoms with Crippen LogP contribution in [0.5, 0.6) is 0 Å². The second kappa shape index (κ2) is 4.38. The highest BCUT2D eigenvalue weighted by Gasteiger charge is 2.14.